The van der Waals surface area contributed by atoms with Gasteiger partial charge in [-0.2, -0.15) is 0 Å². The van der Waals surface area contributed by atoms with Crippen LogP contribution in [0.15, 0.2) is 30.0 Å². The topological polar surface area (TPSA) is 80.4 Å². The number of ketones is 1. The van der Waals surface area contributed by atoms with E-state index >= 15 is 0 Å². The zero-order valence-electron chi connectivity index (χ0n) is 7.91. The van der Waals surface area contributed by atoms with Crippen molar-refractivity contribution < 1.29 is 23.5 Å². The summed E-state index contributed by atoms with van der Waals surface area (Å²) in [7, 11) is 0. The Hall–Kier alpha value is -2.24. The molecule has 1 aromatic carbocycles. The van der Waals surface area contributed by atoms with Gasteiger partial charge in [0.25, 0.3) is 0 Å². The minimum absolute atomic E-state index is 0.178. The molecule has 0 aromatic heterocycles. The number of carboxylic acid groups (broad SMARTS) is 1. The van der Waals surface area contributed by atoms with Crippen molar-refractivity contribution in [2.45, 2.75) is 0 Å². The maximum absolute atomic E-state index is 12.7. The number of rotatable bonds is 3. The van der Waals surface area contributed by atoms with E-state index in [0.717, 1.165) is 12.1 Å². The minimum Gasteiger partial charge on any atom is -0.477 e. The normalized spacial score (nSPS) is 11.2. The van der Waals surface area contributed by atoms with Gasteiger partial charge in [0.1, 0.15) is 5.70 Å². The Morgan fingerprint density at radius 2 is 1.88 bits per heavy atom. The van der Waals surface area contributed by atoms with Crippen molar-refractivity contribution in [1.82, 2.24) is 0 Å². The predicted octanol–water partition coefficient (Wildman–Crippen LogP) is 1.07. The van der Waals surface area contributed by atoms with Crippen LogP contribution in [-0.2, 0) is 4.79 Å². The summed E-state index contributed by atoms with van der Waals surface area (Å²) in [6.45, 7) is 0. The fourth-order valence-electron chi connectivity index (χ4n) is 0.936. The van der Waals surface area contributed by atoms with E-state index in [-0.39, 0.29) is 5.56 Å². The van der Waals surface area contributed by atoms with Crippen LogP contribution in [0.5, 0.6) is 0 Å². The SMILES string of the molecule is N/C(=C\C(=O)c1ccc(F)c(F)c1)C(=O)O. The molecule has 6 heteroatoms. The first-order chi connectivity index (χ1) is 7.41. The maximum atomic E-state index is 12.7. The molecular formula is C10H7F2NO3. The quantitative estimate of drug-likeness (QED) is 0.598. The summed E-state index contributed by atoms with van der Waals surface area (Å²) in [4.78, 5) is 21.6. The standard InChI is InChI=1S/C10H7F2NO3/c11-6-2-1-5(3-7(6)12)9(14)4-8(13)10(15)16/h1-4H,13H2,(H,15,16)/b8-4-. The molecule has 4 nitrogen and oxygen atoms in total. The summed E-state index contributed by atoms with van der Waals surface area (Å²) in [5.41, 5.74) is 4.15. The van der Waals surface area contributed by atoms with Crippen LogP contribution >= 0.6 is 0 Å². The molecule has 84 valence electrons. The first-order valence-electron chi connectivity index (χ1n) is 4.11. The summed E-state index contributed by atoms with van der Waals surface area (Å²) in [6.07, 6.45) is 0.634. The monoisotopic (exact) mass is 227 g/mol. The lowest BCUT2D eigenvalue weighted by molar-refractivity contribution is -0.132. The Bertz CT molecular complexity index is 483. The van der Waals surface area contributed by atoms with Crippen LogP contribution in [0.2, 0.25) is 0 Å². The fourth-order valence-corrected chi connectivity index (χ4v) is 0.936. The number of carboxylic acids is 1. The molecule has 0 bridgehead atoms. The van der Waals surface area contributed by atoms with Gasteiger partial charge in [-0.3, -0.25) is 4.79 Å². The maximum Gasteiger partial charge on any atom is 0.351 e. The number of halogens is 2. The van der Waals surface area contributed by atoms with Crippen molar-refractivity contribution in [1.29, 1.82) is 0 Å². The molecule has 3 N–H and O–H groups in total. The highest BCUT2D eigenvalue weighted by Gasteiger charge is 2.10. The van der Waals surface area contributed by atoms with Crippen molar-refractivity contribution in [2.24, 2.45) is 5.73 Å². The zero-order chi connectivity index (χ0) is 12.3. The van der Waals surface area contributed by atoms with Gasteiger partial charge >= 0.3 is 5.97 Å². The lowest BCUT2D eigenvalue weighted by Gasteiger charge is -1.98. The van der Waals surface area contributed by atoms with Crippen LogP contribution in [0.4, 0.5) is 8.78 Å². The van der Waals surface area contributed by atoms with E-state index in [2.05, 4.69) is 0 Å². The smallest absolute Gasteiger partial charge is 0.351 e. The molecule has 0 unspecified atom stereocenters. The van der Waals surface area contributed by atoms with Gasteiger partial charge in [0.15, 0.2) is 17.4 Å². The highest BCUT2D eigenvalue weighted by Crippen LogP contribution is 2.10. The molecule has 0 saturated heterocycles. The van der Waals surface area contributed by atoms with Crippen molar-refractivity contribution in [3.05, 3.63) is 47.2 Å². The first-order valence-corrected chi connectivity index (χ1v) is 4.11. The number of hydrogen-bond donors (Lipinski definition) is 2. The van der Waals surface area contributed by atoms with Crippen LogP contribution < -0.4 is 5.73 Å². The number of benzene rings is 1. The molecule has 0 aliphatic carbocycles. The van der Waals surface area contributed by atoms with Gasteiger partial charge < -0.3 is 10.8 Å². The number of carbonyl (C=O) groups is 2. The van der Waals surface area contributed by atoms with Crippen molar-refractivity contribution in [3.63, 3.8) is 0 Å². The third-order valence-corrected chi connectivity index (χ3v) is 1.74. The third-order valence-electron chi connectivity index (χ3n) is 1.74. The first kappa shape index (κ1) is 11.8. The minimum atomic E-state index is -1.46. The average Bonchev–Trinajstić information content (AvgIpc) is 2.21. The molecule has 0 aliphatic heterocycles. The van der Waals surface area contributed by atoms with E-state index in [4.69, 9.17) is 10.8 Å². The molecule has 0 amide bonds. The van der Waals surface area contributed by atoms with Gasteiger partial charge in [-0.25, -0.2) is 13.6 Å². The molecule has 0 radical (unpaired) electrons. The van der Waals surface area contributed by atoms with Crippen LogP contribution in [0, 0.1) is 11.6 Å². The molecule has 0 heterocycles. The number of carbonyl (C=O) groups excluding carboxylic acids is 1. The van der Waals surface area contributed by atoms with Crippen LogP contribution in [0.3, 0.4) is 0 Å². The number of nitrogens with two attached hydrogens (primary N) is 1. The van der Waals surface area contributed by atoms with Crippen molar-refractivity contribution >= 4 is 11.8 Å². The summed E-state index contributed by atoms with van der Waals surface area (Å²) >= 11 is 0. The molecule has 0 atom stereocenters. The summed E-state index contributed by atoms with van der Waals surface area (Å²) in [5, 5.41) is 8.40. The lowest BCUT2D eigenvalue weighted by Crippen LogP contribution is -2.12. The fraction of sp³-hybridized carbons (Fsp3) is 0. The van der Waals surface area contributed by atoms with Crippen LogP contribution in [0.1, 0.15) is 10.4 Å². The van der Waals surface area contributed by atoms with Gasteiger partial charge in [0, 0.05) is 11.6 Å². The Morgan fingerprint density at radius 3 is 2.38 bits per heavy atom. The van der Waals surface area contributed by atoms with Gasteiger partial charge in [0.2, 0.25) is 0 Å². The number of aliphatic carboxylic acids is 1. The van der Waals surface area contributed by atoms with Crippen molar-refractivity contribution in [2.75, 3.05) is 0 Å². The average molecular weight is 227 g/mol. The molecular weight excluding hydrogens is 220 g/mol. The third kappa shape index (κ3) is 2.63. The van der Waals surface area contributed by atoms with Gasteiger partial charge in [-0.1, -0.05) is 0 Å². The Labute approximate surface area is 89.0 Å². The second-order valence-electron chi connectivity index (χ2n) is 2.90. The van der Waals surface area contributed by atoms with Crippen LogP contribution in [-0.4, -0.2) is 16.9 Å². The second-order valence-corrected chi connectivity index (χ2v) is 2.90. The molecule has 1 aromatic rings. The molecule has 0 spiro atoms. The van der Waals surface area contributed by atoms with E-state index < -0.39 is 29.1 Å². The highest BCUT2D eigenvalue weighted by molar-refractivity contribution is 6.08. The Kier molecular flexibility index (Phi) is 3.34. The predicted molar refractivity (Wildman–Crippen MR) is 50.6 cm³/mol. The molecule has 0 saturated carbocycles. The largest absolute Gasteiger partial charge is 0.477 e. The molecule has 1 rings (SSSR count). The summed E-state index contributed by atoms with van der Waals surface area (Å²) < 4.78 is 25.3. The van der Waals surface area contributed by atoms with E-state index in [9.17, 15) is 18.4 Å². The number of allylic oxidation sites excluding steroid dienone is 1. The highest BCUT2D eigenvalue weighted by atomic mass is 19.2. The Balaban J connectivity index is 3.02. The molecule has 0 aliphatic rings. The van der Waals surface area contributed by atoms with E-state index in [1.54, 1.807) is 0 Å². The summed E-state index contributed by atoms with van der Waals surface area (Å²) in [6, 6.07) is 2.48. The summed E-state index contributed by atoms with van der Waals surface area (Å²) in [5.74, 6) is -4.55. The van der Waals surface area contributed by atoms with E-state index in [0.29, 0.717) is 12.1 Å². The number of hydrogen-bond acceptors (Lipinski definition) is 3. The lowest BCUT2D eigenvalue weighted by atomic mass is 10.1. The molecule has 0 fully saturated rings. The van der Waals surface area contributed by atoms with E-state index in [1.165, 1.54) is 0 Å². The van der Waals surface area contributed by atoms with Crippen molar-refractivity contribution in [3.8, 4) is 0 Å². The zero-order valence-corrected chi connectivity index (χ0v) is 7.91. The van der Waals surface area contributed by atoms with Gasteiger partial charge in [0.05, 0.1) is 0 Å². The van der Waals surface area contributed by atoms with E-state index in [1.807, 2.05) is 0 Å². The van der Waals surface area contributed by atoms with Gasteiger partial charge in [-0.15, -0.1) is 0 Å². The Morgan fingerprint density at radius 1 is 1.25 bits per heavy atom. The molecule has 16 heavy (non-hydrogen) atoms. The van der Waals surface area contributed by atoms with Crippen LogP contribution in [0.25, 0.3) is 0 Å². The van der Waals surface area contributed by atoms with Gasteiger partial charge in [-0.05, 0) is 18.2 Å². The second kappa shape index (κ2) is 4.52.